The fourth-order valence-corrected chi connectivity index (χ4v) is 5.61. The van der Waals surface area contributed by atoms with Crippen molar-refractivity contribution < 1.29 is 18.0 Å². The van der Waals surface area contributed by atoms with Crippen molar-refractivity contribution in [2.24, 2.45) is 0 Å². The van der Waals surface area contributed by atoms with E-state index in [9.17, 15) is 18.0 Å². The van der Waals surface area contributed by atoms with E-state index in [0.29, 0.717) is 37.3 Å². The van der Waals surface area contributed by atoms with Crippen molar-refractivity contribution in [2.45, 2.75) is 17.9 Å². The number of benzene rings is 2. The SMILES string of the molecule is CC(C(=O)N1CCN(C=O)CC1)N1c2cccc3cccc(c23)S1(=O)=O. The first kappa shape index (κ1) is 16.8. The van der Waals surface area contributed by atoms with E-state index in [-0.39, 0.29) is 10.8 Å². The van der Waals surface area contributed by atoms with Gasteiger partial charge in [0.2, 0.25) is 12.3 Å². The summed E-state index contributed by atoms with van der Waals surface area (Å²) >= 11 is 0. The highest BCUT2D eigenvalue weighted by molar-refractivity contribution is 7.93. The van der Waals surface area contributed by atoms with Gasteiger partial charge in [0, 0.05) is 31.6 Å². The van der Waals surface area contributed by atoms with Crippen LogP contribution in [0.3, 0.4) is 0 Å². The number of carbonyl (C=O) groups excluding carboxylic acids is 2. The molecule has 7 nitrogen and oxygen atoms in total. The molecule has 1 saturated heterocycles. The van der Waals surface area contributed by atoms with Crippen LogP contribution in [0.15, 0.2) is 41.3 Å². The minimum absolute atomic E-state index is 0.246. The third-order valence-corrected chi connectivity index (χ3v) is 7.03. The molecule has 26 heavy (non-hydrogen) atoms. The molecule has 0 radical (unpaired) electrons. The molecule has 0 N–H and O–H groups in total. The van der Waals surface area contributed by atoms with Crippen molar-refractivity contribution in [3.8, 4) is 0 Å². The molecule has 1 fully saturated rings. The quantitative estimate of drug-likeness (QED) is 0.753. The number of hydrogen-bond donors (Lipinski definition) is 0. The number of piperazine rings is 1. The first-order valence-electron chi connectivity index (χ1n) is 8.49. The molecule has 2 aliphatic rings. The molecule has 0 spiro atoms. The molecule has 0 saturated carbocycles. The molecule has 2 aromatic carbocycles. The third-order valence-electron chi connectivity index (χ3n) is 5.10. The number of nitrogens with zero attached hydrogens (tertiary/aromatic N) is 3. The van der Waals surface area contributed by atoms with Crippen LogP contribution >= 0.6 is 0 Å². The smallest absolute Gasteiger partial charge is 0.265 e. The van der Waals surface area contributed by atoms with Gasteiger partial charge >= 0.3 is 0 Å². The lowest BCUT2D eigenvalue weighted by atomic mass is 10.1. The Bertz CT molecular complexity index is 991. The monoisotopic (exact) mass is 373 g/mol. The van der Waals surface area contributed by atoms with Crippen molar-refractivity contribution in [1.82, 2.24) is 9.80 Å². The van der Waals surface area contributed by atoms with E-state index in [4.69, 9.17) is 0 Å². The zero-order chi connectivity index (χ0) is 18.5. The van der Waals surface area contributed by atoms with Crippen LogP contribution in [0.5, 0.6) is 0 Å². The molecular formula is C18H19N3O4S. The Morgan fingerprint density at radius 2 is 1.73 bits per heavy atom. The highest BCUT2D eigenvalue weighted by Crippen LogP contribution is 2.43. The summed E-state index contributed by atoms with van der Waals surface area (Å²) in [4.78, 5) is 27.3. The minimum atomic E-state index is -3.78. The van der Waals surface area contributed by atoms with E-state index >= 15 is 0 Å². The van der Waals surface area contributed by atoms with Gasteiger partial charge in [0.25, 0.3) is 10.0 Å². The highest BCUT2D eigenvalue weighted by atomic mass is 32.2. The van der Waals surface area contributed by atoms with Gasteiger partial charge in [0.05, 0.1) is 10.6 Å². The summed E-state index contributed by atoms with van der Waals surface area (Å²) in [5, 5.41) is 1.51. The van der Waals surface area contributed by atoms with Gasteiger partial charge in [-0.3, -0.25) is 13.9 Å². The molecule has 0 bridgehead atoms. The maximum atomic E-state index is 13.1. The summed E-state index contributed by atoms with van der Waals surface area (Å²) in [5.74, 6) is -0.246. The van der Waals surface area contributed by atoms with Crippen LogP contribution in [-0.4, -0.2) is 62.8 Å². The number of anilines is 1. The van der Waals surface area contributed by atoms with E-state index in [2.05, 4.69) is 0 Å². The predicted octanol–water partition coefficient (Wildman–Crippen LogP) is 1.04. The first-order chi connectivity index (χ1) is 12.4. The fraction of sp³-hybridized carbons (Fsp3) is 0.333. The molecule has 2 heterocycles. The van der Waals surface area contributed by atoms with Crippen LogP contribution in [0.4, 0.5) is 5.69 Å². The number of carbonyl (C=O) groups is 2. The van der Waals surface area contributed by atoms with Crippen LogP contribution in [-0.2, 0) is 19.6 Å². The van der Waals surface area contributed by atoms with Gasteiger partial charge in [0.1, 0.15) is 6.04 Å². The van der Waals surface area contributed by atoms with E-state index < -0.39 is 16.1 Å². The third kappa shape index (κ3) is 2.36. The normalized spacial score (nSPS) is 19.7. The fourth-order valence-electron chi connectivity index (χ4n) is 3.75. The largest absolute Gasteiger partial charge is 0.342 e. The highest BCUT2D eigenvalue weighted by Gasteiger charge is 2.42. The van der Waals surface area contributed by atoms with E-state index in [0.717, 1.165) is 11.8 Å². The lowest BCUT2D eigenvalue weighted by molar-refractivity contribution is -0.135. The average Bonchev–Trinajstić information content (AvgIpc) is 2.89. The number of sulfonamides is 1. The van der Waals surface area contributed by atoms with Gasteiger partial charge in [0.15, 0.2) is 0 Å². The minimum Gasteiger partial charge on any atom is -0.342 e. The molecule has 1 atom stereocenters. The zero-order valence-corrected chi connectivity index (χ0v) is 15.1. The molecular weight excluding hydrogens is 354 g/mol. The Morgan fingerprint density at radius 1 is 1.08 bits per heavy atom. The Hall–Kier alpha value is -2.61. The summed E-state index contributed by atoms with van der Waals surface area (Å²) < 4.78 is 27.4. The number of rotatable bonds is 3. The summed E-state index contributed by atoms with van der Waals surface area (Å²) in [6.07, 6.45) is 0.771. The Balaban J connectivity index is 1.69. The van der Waals surface area contributed by atoms with Crippen molar-refractivity contribution in [1.29, 1.82) is 0 Å². The van der Waals surface area contributed by atoms with Crippen molar-refractivity contribution in [3.63, 3.8) is 0 Å². The number of amides is 2. The maximum absolute atomic E-state index is 13.1. The molecule has 0 aliphatic carbocycles. The van der Waals surface area contributed by atoms with Crippen LogP contribution in [0.2, 0.25) is 0 Å². The Labute approximate surface area is 151 Å². The van der Waals surface area contributed by atoms with Gasteiger partial charge in [-0.05, 0) is 24.4 Å². The summed E-state index contributed by atoms with van der Waals surface area (Å²) in [6.45, 7) is 3.37. The second-order valence-electron chi connectivity index (χ2n) is 6.57. The van der Waals surface area contributed by atoms with E-state index in [1.54, 1.807) is 41.0 Å². The molecule has 2 aromatic rings. The van der Waals surface area contributed by atoms with Crippen molar-refractivity contribution in [3.05, 3.63) is 36.4 Å². The lowest BCUT2D eigenvalue weighted by Gasteiger charge is -2.36. The van der Waals surface area contributed by atoms with Gasteiger partial charge < -0.3 is 9.80 Å². The van der Waals surface area contributed by atoms with Gasteiger partial charge in [-0.1, -0.05) is 24.3 Å². The predicted molar refractivity (Wildman–Crippen MR) is 97.3 cm³/mol. The van der Waals surface area contributed by atoms with Crippen LogP contribution in [0, 0.1) is 0 Å². The van der Waals surface area contributed by atoms with E-state index in [1.807, 2.05) is 12.1 Å². The molecule has 1 unspecified atom stereocenters. The summed E-state index contributed by atoms with van der Waals surface area (Å²) in [7, 11) is -3.78. The van der Waals surface area contributed by atoms with Gasteiger partial charge in [-0.15, -0.1) is 0 Å². The lowest BCUT2D eigenvalue weighted by Crippen LogP contribution is -2.54. The van der Waals surface area contributed by atoms with Gasteiger partial charge in [-0.2, -0.15) is 0 Å². The molecule has 2 aliphatic heterocycles. The first-order valence-corrected chi connectivity index (χ1v) is 9.93. The summed E-state index contributed by atoms with van der Waals surface area (Å²) in [6, 6.07) is 9.73. The second-order valence-corrected chi connectivity index (χ2v) is 8.36. The standard InChI is InChI=1S/C18H19N3O4S/c1-13(18(23)20-10-8-19(12-22)9-11-20)21-15-6-2-4-14-5-3-7-16(17(14)15)26(21,24)25/h2-7,12-13H,8-11H2,1H3. The molecule has 8 heteroatoms. The van der Waals surface area contributed by atoms with E-state index in [1.165, 1.54) is 4.31 Å². The zero-order valence-electron chi connectivity index (χ0n) is 14.3. The molecule has 4 rings (SSSR count). The van der Waals surface area contributed by atoms with Crippen molar-refractivity contribution >= 4 is 38.8 Å². The average molecular weight is 373 g/mol. The summed E-state index contributed by atoms with van der Waals surface area (Å²) in [5.41, 5.74) is 0.547. The van der Waals surface area contributed by atoms with Gasteiger partial charge in [-0.25, -0.2) is 8.42 Å². The van der Waals surface area contributed by atoms with Crippen molar-refractivity contribution in [2.75, 3.05) is 30.5 Å². The topological polar surface area (TPSA) is 78.0 Å². The van der Waals surface area contributed by atoms with Crippen LogP contribution < -0.4 is 4.31 Å². The maximum Gasteiger partial charge on any atom is 0.265 e. The molecule has 0 aromatic heterocycles. The second kappa shape index (κ2) is 5.98. The Kier molecular flexibility index (Phi) is 3.87. The van der Waals surface area contributed by atoms with Crippen LogP contribution in [0.25, 0.3) is 10.8 Å². The van der Waals surface area contributed by atoms with Crippen LogP contribution in [0.1, 0.15) is 6.92 Å². The molecule has 2 amide bonds. The Morgan fingerprint density at radius 3 is 2.38 bits per heavy atom. The number of hydrogen-bond acceptors (Lipinski definition) is 4. The molecule has 136 valence electrons.